The van der Waals surface area contributed by atoms with Gasteiger partial charge in [0.25, 0.3) is 11.6 Å². The van der Waals surface area contributed by atoms with E-state index < -0.39 is 22.4 Å². The van der Waals surface area contributed by atoms with Gasteiger partial charge in [0.15, 0.2) is 0 Å². The van der Waals surface area contributed by atoms with E-state index in [1.807, 2.05) is 0 Å². The van der Waals surface area contributed by atoms with Crippen LogP contribution in [0.15, 0.2) is 57.7 Å². The molecule has 1 heterocycles. The predicted molar refractivity (Wildman–Crippen MR) is 103 cm³/mol. The quantitative estimate of drug-likeness (QED) is 0.231. The number of benzene rings is 2. The van der Waals surface area contributed by atoms with Crippen LogP contribution in [0, 0.1) is 10.1 Å². The fraction of sp³-hybridized carbons (Fsp3) is 0.150. The Morgan fingerprint density at radius 3 is 2.52 bits per heavy atom. The number of nitro groups is 1. The molecule has 0 fully saturated rings. The van der Waals surface area contributed by atoms with Gasteiger partial charge in [-0.2, -0.15) is 0 Å². The monoisotopic (exact) mass is 396 g/mol. The summed E-state index contributed by atoms with van der Waals surface area (Å²) in [7, 11) is 0. The fourth-order valence-corrected chi connectivity index (χ4v) is 2.62. The van der Waals surface area contributed by atoms with Gasteiger partial charge in [0.05, 0.1) is 4.92 Å². The van der Waals surface area contributed by atoms with Crippen LogP contribution in [0.1, 0.15) is 34.6 Å². The smallest absolute Gasteiger partial charge is 0.350 e. The van der Waals surface area contributed by atoms with Crippen LogP contribution in [0.4, 0.5) is 5.69 Å². The van der Waals surface area contributed by atoms with Crippen LogP contribution < -0.4 is 15.7 Å². The average Bonchev–Trinajstić information content (AvgIpc) is 2.66. The highest BCUT2D eigenvalue weighted by atomic mass is 16.6. The molecule has 0 aliphatic rings. The first-order valence-corrected chi connectivity index (χ1v) is 8.60. The first kappa shape index (κ1) is 19.7. The predicted octanol–water partition coefficient (Wildman–Crippen LogP) is 3.06. The lowest BCUT2D eigenvalue weighted by Gasteiger charge is -2.08. The lowest BCUT2D eigenvalue weighted by Crippen LogP contribution is -2.33. The maximum atomic E-state index is 12.3. The number of nitrogens with one attached hydrogen (secondary N) is 1. The molecule has 1 aromatic heterocycles. The Labute approximate surface area is 164 Å². The van der Waals surface area contributed by atoms with Crippen molar-refractivity contribution in [2.45, 2.75) is 19.9 Å². The lowest BCUT2D eigenvalue weighted by atomic mass is 10.1. The van der Waals surface area contributed by atoms with E-state index in [9.17, 15) is 24.5 Å². The molecule has 3 aromatic rings. The maximum absolute atomic E-state index is 12.3. The van der Waals surface area contributed by atoms with Gasteiger partial charge in [0.1, 0.15) is 22.5 Å². The van der Waals surface area contributed by atoms with E-state index in [2.05, 4.69) is 5.32 Å². The summed E-state index contributed by atoms with van der Waals surface area (Å²) in [6.07, 6.45) is 0. The molecule has 1 amide bonds. The third kappa shape index (κ3) is 4.29. The zero-order valence-electron chi connectivity index (χ0n) is 15.5. The maximum Gasteiger partial charge on any atom is 0.350 e. The number of carbonyl (C=O) groups is 2. The molecule has 3 rings (SSSR count). The van der Waals surface area contributed by atoms with E-state index in [1.54, 1.807) is 13.8 Å². The minimum atomic E-state index is -0.924. The molecule has 9 nitrogen and oxygen atoms in total. The number of esters is 1. The minimum absolute atomic E-state index is 0.0307. The molecule has 9 heteroatoms. The van der Waals surface area contributed by atoms with Crippen LogP contribution in [0.2, 0.25) is 0 Å². The van der Waals surface area contributed by atoms with Crippen molar-refractivity contribution in [3.63, 3.8) is 0 Å². The Morgan fingerprint density at radius 1 is 1.10 bits per heavy atom. The highest BCUT2D eigenvalue weighted by Crippen LogP contribution is 2.24. The summed E-state index contributed by atoms with van der Waals surface area (Å²) in [6.45, 7) is 3.52. The van der Waals surface area contributed by atoms with Gasteiger partial charge in [-0.25, -0.2) is 9.59 Å². The number of fused-ring (bicyclic) bond motifs is 1. The van der Waals surface area contributed by atoms with Gasteiger partial charge in [-0.1, -0.05) is 12.1 Å². The lowest BCUT2D eigenvalue weighted by molar-refractivity contribution is -0.385. The summed E-state index contributed by atoms with van der Waals surface area (Å²) >= 11 is 0. The van der Waals surface area contributed by atoms with Gasteiger partial charge < -0.3 is 14.5 Å². The molecule has 0 atom stereocenters. The largest absolute Gasteiger partial charge is 0.423 e. The van der Waals surface area contributed by atoms with E-state index in [0.717, 1.165) is 0 Å². The topological polar surface area (TPSA) is 129 Å². The van der Waals surface area contributed by atoms with Crippen LogP contribution >= 0.6 is 0 Å². The molecule has 0 radical (unpaired) electrons. The molecule has 0 saturated carbocycles. The van der Waals surface area contributed by atoms with Crippen molar-refractivity contribution in [2.75, 3.05) is 0 Å². The first-order valence-electron chi connectivity index (χ1n) is 8.60. The Morgan fingerprint density at radius 2 is 1.83 bits per heavy atom. The standard InChI is InChI=1S/C20H16N2O7/c1-11(2)21-18(23)15-9-12-7-8-13(10-17(12)29-20(15)25)28-19(24)14-5-3-4-6-16(14)22(26)27/h3-11H,1-2H3,(H,21,23). The van der Waals surface area contributed by atoms with Crippen molar-refractivity contribution in [2.24, 2.45) is 0 Å². The summed E-state index contributed by atoms with van der Waals surface area (Å²) in [4.78, 5) is 46.9. The molecule has 29 heavy (non-hydrogen) atoms. The van der Waals surface area contributed by atoms with Gasteiger partial charge in [-0.05, 0) is 38.1 Å². The molecule has 148 valence electrons. The minimum Gasteiger partial charge on any atom is -0.423 e. The van der Waals surface area contributed by atoms with Crippen molar-refractivity contribution in [3.8, 4) is 5.75 Å². The molecule has 0 spiro atoms. The average molecular weight is 396 g/mol. The van der Waals surface area contributed by atoms with Gasteiger partial charge in [-0.3, -0.25) is 14.9 Å². The second-order valence-corrected chi connectivity index (χ2v) is 6.44. The number of rotatable bonds is 5. The second kappa shape index (κ2) is 7.93. The highest BCUT2D eigenvalue weighted by Gasteiger charge is 2.21. The van der Waals surface area contributed by atoms with Crippen molar-refractivity contribution >= 4 is 28.5 Å². The first-order chi connectivity index (χ1) is 13.8. The van der Waals surface area contributed by atoms with Crippen molar-refractivity contribution in [1.29, 1.82) is 0 Å². The van der Waals surface area contributed by atoms with E-state index in [4.69, 9.17) is 9.15 Å². The van der Waals surface area contributed by atoms with Gasteiger partial charge in [-0.15, -0.1) is 0 Å². The summed E-state index contributed by atoms with van der Waals surface area (Å²) in [6, 6.07) is 10.9. The summed E-state index contributed by atoms with van der Waals surface area (Å²) in [5, 5.41) is 14.1. The Hall–Kier alpha value is -4.01. The van der Waals surface area contributed by atoms with E-state index >= 15 is 0 Å². The number of nitrogens with zero attached hydrogens (tertiary/aromatic N) is 1. The SMILES string of the molecule is CC(C)NC(=O)c1cc2ccc(OC(=O)c3ccccc3[N+](=O)[O-])cc2oc1=O. The van der Waals surface area contributed by atoms with Gasteiger partial charge in [0, 0.05) is 23.6 Å². The molecular formula is C20H16N2O7. The molecule has 2 aromatic carbocycles. The summed E-state index contributed by atoms with van der Waals surface area (Å²) in [5.74, 6) is -1.45. The van der Waals surface area contributed by atoms with E-state index in [-0.39, 0.29) is 34.2 Å². The molecule has 0 saturated heterocycles. The number of ether oxygens (including phenoxy) is 1. The van der Waals surface area contributed by atoms with Gasteiger partial charge >= 0.3 is 11.6 Å². The summed E-state index contributed by atoms with van der Waals surface area (Å²) < 4.78 is 10.4. The van der Waals surface area contributed by atoms with Gasteiger partial charge in [0.2, 0.25) is 0 Å². The number of amides is 1. The van der Waals surface area contributed by atoms with Crippen LogP contribution in [0.3, 0.4) is 0 Å². The Kier molecular flexibility index (Phi) is 5.40. The van der Waals surface area contributed by atoms with Crippen molar-refractivity contribution < 1.29 is 23.7 Å². The molecular weight excluding hydrogens is 380 g/mol. The van der Waals surface area contributed by atoms with Crippen LogP contribution in [0.25, 0.3) is 11.0 Å². The number of para-hydroxylation sites is 1. The zero-order chi connectivity index (χ0) is 21.1. The molecule has 0 unspecified atom stereocenters. The Bertz CT molecular complexity index is 1180. The zero-order valence-corrected chi connectivity index (χ0v) is 15.5. The third-order valence-corrected chi connectivity index (χ3v) is 3.90. The van der Waals surface area contributed by atoms with Crippen molar-refractivity contribution in [1.82, 2.24) is 5.32 Å². The van der Waals surface area contributed by atoms with Crippen LogP contribution in [-0.2, 0) is 0 Å². The number of carbonyl (C=O) groups excluding carboxylic acids is 2. The van der Waals surface area contributed by atoms with Crippen molar-refractivity contribution in [3.05, 3.63) is 80.2 Å². The normalized spacial score (nSPS) is 10.7. The molecule has 0 aliphatic heterocycles. The Balaban J connectivity index is 1.91. The number of hydrogen-bond acceptors (Lipinski definition) is 7. The van der Waals surface area contributed by atoms with E-state index in [1.165, 1.54) is 48.5 Å². The molecule has 0 bridgehead atoms. The highest BCUT2D eigenvalue weighted by molar-refractivity contribution is 5.97. The summed E-state index contributed by atoms with van der Waals surface area (Å²) in [5.41, 5.74) is -1.47. The fourth-order valence-electron chi connectivity index (χ4n) is 2.62. The number of nitro benzene ring substituents is 1. The van der Waals surface area contributed by atoms with Crippen LogP contribution in [0.5, 0.6) is 5.75 Å². The second-order valence-electron chi connectivity index (χ2n) is 6.44. The molecule has 0 aliphatic carbocycles. The molecule has 1 N–H and O–H groups in total. The third-order valence-electron chi connectivity index (χ3n) is 3.90. The van der Waals surface area contributed by atoms with Crippen LogP contribution in [-0.4, -0.2) is 22.8 Å². The number of hydrogen-bond donors (Lipinski definition) is 1. The van der Waals surface area contributed by atoms with E-state index in [0.29, 0.717) is 5.39 Å².